The minimum Gasteiger partial charge on any atom is -0.494 e. The maximum atomic E-state index is 6.42. The predicted octanol–water partition coefficient (Wildman–Crippen LogP) is 5.10. The van der Waals surface area contributed by atoms with Crippen molar-refractivity contribution in [2.45, 2.75) is 51.5 Å². The molecule has 1 fully saturated rings. The Morgan fingerprint density at radius 2 is 2.19 bits per heavy atom. The number of imidazole rings is 1. The highest BCUT2D eigenvalue weighted by molar-refractivity contribution is 6.20. The first-order chi connectivity index (χ1) is 9.95. The fourth-order valence-corrected chi connectivity index (χ4v) is 3.82. The number of aromatic nitrogens is 2. The summed E-state index contributed by atoms with van der Waals surface area (Å²) >= 11 is 6.42. The molecule has 2 aromatic rings. The highest BCUT2D eigenvalue weighted by Gasteiger charge is 2.38. The van der Waals surface area contributed by atoms with Gasteiger partial charge in [0, 0.05) is 6.04 Å². The molecule has 1 aliphatic rings. The maximum absolute atomic E-state index is 6.42. The molecule has 0 amide bonds. The van der Waals surface area contributed by atoms with Gasteiger partial charge in [0.2, 0.25) is 0 Å². The van der Waals surface area contributed by atoms with E-state index in [0.29, 0.717) is 6.04 Å². The first kappa shape index (κ1) is 14.7. The Hall–Kier alpha value is -1.22. The van der Waals surface area contributed by atoms with Crippen LogP contribution in [0.5, 0.6) is 5.75 Å². The number of para-hydroxylation sites is 1. The lowest BCUT2D eigenvalue weighted by atomic mass is 9.87. The van der Waals surface area contributed by atoms with E-state index in [-0.39, 0.29) is 10.8 Å². The monoisotopic (exact) mass is 306 g/mol. The van der Waals surface area contributed by atoms with Crippen LogP contribution in [0.1, 0.15) is 57.3 Å². The molecular formula is C17H23ClN2O. The number of halogens is 1. The van der Waals surface area contributed by atoms with Gasteiger partial charge in [-0.05, 0) is 37.3 Å². The fourth-order valence-electron chi connectivity index (χ4n) is 3.67. The second kappa shape index (κ2) is 5.20. The van der Waals surface area contributed by atoms with Gasteiger partial charge in [-0.15, -0.1) is 11.6 Å². The molecular weight excluding hydrogens is 284 g/mol. The molecule has 3 nitrogen and oxygen atoms in total. The average molecular weight is 307 g/mol. The summed E-state index contributed by atoms with van der Waals surface area (Å²) in [7, 11) is 1.69. The molecule has 1 aliphatic carbocycles. The number of nitrogens with zero attached hydrogens (tertiary/aromatic N) is 2. The number of methoxy groups -OCH3 is 1. The SMILES string of the molecule is COc1cccc2c1nc(C(C)Cl)n2C1CCCC1(C)C. The quantitative estimate of drug-likeness (QED) is 0.738. The van der Waals surface area contributed by atoms with Crippen molar-refractivity contribution >= 4 is 22.6 Å². The fraction of sp³-hybridized carbons (Fsp3) is 0.588. The third-order valence-corrected chi connectivity index (χ3v) is 4.99. The van der Waals surface area contributed by atoms with Crippen LogP contribution >= 0.6 is 11.6 Å². The molecule has 0 spiro atoms. The summed E-state index contributed by atoms with van der Waals surface area (Å²) in [5.74, 6) is 1.77. The Kier molecular flexibility index (Phi) is 3.64. The Balaban J connectivity index is 2.27. The molecule has 21 heavy (non-hydrogen) atoms. The molecule has 0 N–H and O–H groups in total. The number of rotatable bonds is 3. The largest absolute Gasteiger partial charge is 0.494 e. The normalized spacial score (nSPS) is 22.6. The van der Waals surface area contributed by atoms with Crippen LogP contribution in [0.2, 0.25) is 0 Å². The highest BCUT2D eigenvalue weighted by Crippen LogP contribution is 2.48. The van der Waals surface area contributed by atoms with Crippen molar-refractivity contribution in [2.24, 2.45) is 5.41 Å². The first-order valence-electron chi connectivity index (χ1n) is 7.64. The molecule has 114 valence electrons. The zero-order valence-electron chi connectivity index (χ0n) is 13.2. The zero-order chi connectivity index (χ0) is 15.2. The first-order valence-corrected chi connectivity index (χ1v) is 8.08. The second-order valence-corrected chi connectivity index (χ2v) is 7.34. The number of benzene rings is 1. The standard InChI is InChI=1S/C17H23ClN2O/c1-11(18)16-19-15-12(7-5-8-13(15)21-4)20(16)14-9-6-10-17(14,2)3/h5,7-8,11,14H,6,9-10H2,1-4H3. The molecule has 0 radical (unpaired) electrons. The molecule has 1 saturated carbocycles. The molecule has 0 aliphatic heterocycles. The van der Waals surface area contributed by atoms with E-state index in [4.69, 9.17) is 21.3 Å². The number of hydrogen-bond donors (Lipinski definition) is 0. The number of fused-ring (bicyclic) bond motifs is 1. The zero-order valence-corrected chi connectivity index (χ0v) is 13.9. The van der Waals surface area contributed by atoms with Crippen molar-refractivity contribution in [3.63, 3.8) is 0 Å². The van der Waals surface area contributed by atoms with E-state index in [1.54, 1.807) is 7.11 Å². The topological polar surface area (TPSA) is 27.1 Å². The van der Waals surface area contributed by atoms with E-state index in [9.17, 15) is 0 Å². The van der Waals surface area contributed by atoms with Crippen LogP contribution in [0.25, 0.3) is 11.0 Å². The molecule has 0 bridgehead atoms. The van der Waals surface area contributed by atoms with Crippen LogP contribution in [-0.4, -0.2) is 16.7 Å². The molecule has 1 aromatic heterocycles. The summed E-state index contributed by atoms with van der Waals surface area (Å²) in [6.07, 6.45) is 3.70. The van der Waals surface area contributed by atoms with Crippen molar-refractivity contribution in [1.82, 2.24) is 9.55 Å². The molecule has 4 heteroatoms. The van der Waals surface area contributed by atoms with Gasteiger partial charge in [-0.3, -0.25) is 0 Å². The third kappa shape index (κ3) is 2.32. The minimum atomic E-state index is -0.112. The number of ether oxygens (including phenoxy) is 1. The molecule has 0 saturated heterocycles. The Morgan fingerprint density at radius 3 is 2.76 bits per heavy atom. The van der Waals surface area contributed by atoms with Gasteiger partial charge in [0.05, 0.1) is 18.0 Å². The van der Waals surface area contributed by atoms with Crippen LogP contribution in [-0.2, 0) is 0 Å². The molecule has 1 heterocycles. The van der Waals surface area contributed by atoms with Gasteiger partial charge in [0.15, 0.2) is 0 Å². The lowest BCUT2D eigenvalue weighted by Gasteiger charge is -2.30. The summed E-state index contributed by atoms with van der Waals surface area (Å²) in [6.45, 7) is 6.69. The summed E-state index contributed by atoms with van der Waals surface area (Å²) in [4.78, 5) is 4.80. The average Bonchev–Trinajstić information content (AvgIpc) is 2.97. The van der Waals surface area contributed by atoms with E-state index in [1.807, 2.05) is 19.1 Å². The van der Waals surface area contributed by atoms with Crippen molar-refractivity contribution < 1.29 is 4.74 Å². The van der Waals surface area contributed by atoms with Gasteiger partial charge in [-0.25, -0.2) is 4.98 Å². The Bertz CT molecular complexity index is 660. The molecule has 1 aromatic carbocycles. The minimum absolute atomic E-state index is 0.112. The van der Waals surface area contributed by atoms with Crippen molar-refractivity contribution in [2.75, 3.05) is 7.11 Å². The number of hydrogen-bond acceptors (Lipinski definition) is 2. The van der Waals surface area contributed by atoms with Gasteiger partial charge in [-0.2, -0.15) is 0 Å². The van der Waals surface area contributed by atoms with E-state index in [1.165, 1.54) is 19.3 Å². The molecule has 2 unspecified atom stereocenters. The van der Waals surface area contributed by atoms with E-state index >= 15 is 0 Å². The smallest absolute Gasteiger partial charge is 0.146 e. The second-order valence-electron chi connectivity index (χ2n) is 6.68. The predicted molar refractivity (Wildman–Crippen MR) is 87.2 cm³/mol. The molecule has 3 rings (SSSR count). The van der Waals surface area contributed by atoms with Crippen LogP contribution in [0.15, 0.2) is 18.2 Å². The van der Waals surface area contributed by atoms with Gasteiger partial charge < -0.3 is 9.30 Å². The van der Waals surface area contributed by atoms with E-state index in [2.05, 4.69) is 24.5 Å². The summed E-state index contributed by atoms with van der Waals surface area (Å²) < 4.78 is 7.83. The maximum Gasteiger partial charge on any atom is 0.146 e. The summed E-state index contributed by atoms with van der Waals surface area (Å²) in [5.41, 5.74) is 2.33. The van der Waals surface area contributed by atoms with Crippen LogP contribution in [0.4, 0.5) is 0 Å². The Morgan fingerprint density at radius 1 is 1.43 bits per heavy atom. The highest BCUT2D eigenvalue weighted by atomic mass is 35.5. The summed E-state index contributed by atoms with van der Waals surface area (Å²) in [6, 6.07) is 6.57. The van der Waals surface area contributed by atoms with Crippen molar-refractivity contribution in [1.29, 1.82) is 0 Å². The van der Waals surface area contributed by atoms with Gasteiger partial charge in [0.25, 0.3) is 0 Å². The van der Waals surface area contributed by atoms with Crippen LogP contribution in [0, 0.1) is 5.41 Å². The van der Waals surface area contributed by atoms with Crippen LogP contribution < -0.4 is 4.74 Å². The summed E-state index contributed by atoms with van der Waals surface area (Å²) in [5, 5.41) is -0.112. The Labute approximate surface area is 131 Å². The lowest BCUT2D eigenvalue weighted by molar-refractivity contribution is 0.261. The van der Waals surface area contributed by atoms with E-state index < -0.39 is 0 Å². The number of alkyl halides is 1. The van der Waals surface area contributed by atoms with Crippen LogP contribution in [0.3, 0.4) is 0 Å². The lowest BCUT2D eigenvalue weighted by Crippen LogP contribution is -2.23. The van der Waals surface area contributed by atoms with Gasteiger partial charge >= 0.3 is 0 Å². The third-order valence-electron chi connectivity index (χ3n) is 4.80. The van der Waals surface area contributed by atoms with Crippen molar-refractivity contribution in [3.05, 3.63) is 24.0 Å². The van der Waals surface area contributed by atoms with E-state index in [0.717, 1.165) is 22.6 Å². The van der Waals surface area contributed by atoms with Gasteiger partial charge in [0.1, 0.15) is 17.1 Å². The molecule has 2 atom stereocenters. The van der Waals surface area contributed by atoms with Gasteiger partial charge in [-0.1, -0.05) is 26.3 Å². The van der Waals surface area contributed by atoms with Crippen molar-refractivity contribution in [3.8, 4) is 5.75 Å².